The number of nitrogen functional groups attached to an aromatic ring is 1. The Hall–Kier alpha value is -1.91. The zero-order valence-electron chi connectivity index (χ0n) is 8.10. The fraction of sp³-hybridized carbons (Fsp3) is 0.222. The summed E-state index contributed by atoms with van der Waals surface area (Å²) in [4.78, 5) is 8.22. The van der Waals surface area contributed by atoms with E-state index in [1.165, 1.54) is 0 Å². The summed E-state index contributed by atoms with van der Waals surface area (Å²) in [7, 11) is 1.76. The fourth-order valence-electron chi connectivity index (χ4n) is 1.20. The van der Waals surface area contributed by atoms with E-state index in [-0.39, 0.29) is 0 Å². The minimum Gasteiger partial charge on any atom is -0.368 e. The van der Waals surface area contributed by atoms with Crippen LogP contribution in [0.1, 0.15) is 5.69 Å². The molecule has 2 rings (SSSR count). The van der Waals surface area contributed by atoms with Crippen molar-refractivity contribution in [3.05, 3.63) is 24.0 Å². The van der Waals surface area contributed by atoms with Crippen molar-refractivity contribution in [2.75, 3.05) is 5.73 Å². The lowest BCUT2D eigenvalue weighted by molar-refractivity contribution is 0.781. The van der Waals surface area contributed by atoms with Gasteiger partial charge in [0.15, 0.2) is 5.82 Å². The first-order valence-corrected chi connectivity index (χ1v) is 4.26. The smallest absolute Gasteiger partial charge is 0.218 e. The van der Waals surface area contributed by atoms with Crippen LogP contribution in [0.3, 0.4) is 0 Å². The molecule has 0 spiro atoms. The van der Waals surface area contributed by atoms with Crippen LogP contribution in [-0.4, -0.2) is 19.7 Å². The van der Waals surface area contributed by atoms with Gasteiger partial charge in [-0.05, 0) is 19.1 Å². The van der Waals surface area contributed by atoms with E-state index in [1.54, 1.807) is 17.9 Å². The molecule has 5 heteroatoms. The van der Waals surface area contributed by atoms with Crippen LogP contribution < -0.4 is 5.73 Å². The summed E-state index contributed by atoms with van der Waals surface area (Å²) in [6.45, 7) is 1.93. The number of aryl methyl sites for hydroxylation is 2. The number of aromatic nitrogens is 4. The topological polar surface area (TPSA) is 69.6 Å². The molecule has 5 nitrogen and oxygen atoms in total. The number of nitrogens with two attached hydrogens (primary N) is 1. The van der Waals surface area contributed by atoms with Gasteiger partial charge in [0.05, 0.1) is 0 Å². The van der Waals surface area contributed by atoms with Gasteiger partial charge in [-0.1, -0.05) is 0 Å². The highest BCUT2D eigenvalue weighted by molar-refractivity contribution is 5.55. The van der Waals surface area contributed by atoms with E-state index in [1.807, 2.05) is 19.1 Å². The van der Waals surface area contributed by atoms with Crippen LogP contribution in [-0.2, 0) is 7.05 Å². The molecular weight excluding hydrogens is 178 g/mol. The second-order valence-electron chi connectivity index (χ2n) is 3.10. The predicted octanol–water partition coefficient (Wildman–Crippen LogP) is 0.768. The molecule has 0 radical (unpaired) electrons. The lowest BCUT2D eigenvalue weighted by atomic mass is 10.2. The Labute approximate surface area is 81.6 Å². The first-order valence-electron chi connectivity index (χ1n) is 4.26. The molecule has 0 fully saturated rings. The van der Waals surface area contributed by atoms with E-state index in [9.17, 15) is 0 Å². The third kappa shape index (κ3) is 1.44. The van der Waals surface area contributed by atoms with Crippen LogP contribution in [0.15, 0.2) is 18.3 Å². The summed E-state index contributed by atoms with van der Waals surface area (Å²) < 4.78 is 1.55. The van der Waals surface area contributed by atoms with Crippen LogP contribution in [0.2, 0.25) is 0 Å². The SMILES string of the molecule is Cc1cc(-c2nc(N)n(C)n2)ccn1. The van der Waals surface area contributed by atoms with Gasteiger partial charge in [0.25, 0.3) is 0 Å². The van der Waals surface area contributed by atoms with Crippen molar-refractivity contribution >= 4 is 5.95 Å². The lowest BCUT2D eigenvalue weighted by Gasteiger charge is -1.95. The van der Waals surface area contributed by atoms with Crippen molar-refractivity contribution in [3.8, 4) is 11.4 Å². The first kappa shape index (κ1) is 8.68. The molecule has 0 bridgehead atoms. The average molecular weight is 189 g/mol. The maximum atomic E-state index is 5.59. The molecular formula is C9H11N5. The van der Waals surface area contributed by atoms with Crippen LogP contribution in [0.5, 0.6) is 0 Å². The van der Waals surface area contributed by atoms with E-state index < -0.39 is 0 Å². The molecule has 2 N–H and O–H groups in total. The van der Waals surface area contributed by atoms with Gasteiger partial charge in [-0.2, -0.15) is 4.98 Å². The molecule has 14 heavy (non-hydrogen) atoms. The Morgan fingerprint density at radius 2 is 2.21 bits per heavy atom. The Kier molecular flexibility index (Phi) is 1.92. The summed E-state index contributed by atoms with van der Waals surface area (Å²) in [5.41, 5.74) is 7.46. The monoisotopic (exact) mass is 189 g/mol. The van der Waals surface area contributed by atoms with Crippen molar-refractivity contribution in [2.45, 2.75) is 6.92 Å². The molecule has 2 aromatic rings. The van der Waals surface area contributed by atoms with Gasteiger partial charge in [0, 0.05) is 24.5 Å². The van der Waals surface area contributed by atoms with Gasteiger partial charge in [0.2, 0.25) is 5.95 Å². The molecule has 0 aromatic carbocycles. The Morgan fingerprint density at radius 3 is 2.79 bits per heavy atom. The average Bonchev–Trinajstić information content (AvgIpc) is 2.47. The van der Waals surface area contributed by atoms with Crippen LogP contribution in [0.25, 0.3) is 11.4 Å². The summed E-state index contributed by atoms with van der Waals surface area (Å²) in [5.74, 6) is 1.05. The quantitative estimate of drug-likeness (QED) is 0.719. The highest BCUT2D eigenvalue weighted by Crippen LogP contribution is 2.15. The van der Waals surface area contributed by atoms with Gasteiger partial charge < -0.3 is 5.73 Å². The lowest BCUT2D eigenvalue weighted by Crippen LogP contribution is -1.97. The van der Waals surface area contributed by atoms with Crippen LogP contribution in [0.4, 0.5) is 5.95 Å². The molecule has 72 valence electrons. The number of hydrogen-bond acceptors (Lipinski definition) is 4. The van der Waals surface area contributed by atoms with E-state index in [0.29, 0.717) is 11.8 Å². The van der Waals surface area contributed by atoms with Gasteiger partial charge in [-0.3, -0.25) is 4.98 Å². The van der Waals surface area contributed by atoms with Crippen molar-refractivity contribution in [2.24, 2.45) is 7.05 Å². The minimum absolute atomic E-state index is 0.412. The number of hydrogen-bond donors (Lipinski definition) is 1. The first-order chi connectivity index (χ1) is 6.66. The molecule has 0 atom stereocenters. The molecule has 0 aliphatic carbocycles. The number of nitrogens with zero attached hydrogens (tertiary/aromatic N) is 4. The van der Waals surface area contributed by atoms with Gasteiger partial charge >= 0.3 is 0 Å². The summed E-state index contributed by atoms with van der Waals surface area (Å²) >= 11 is 0. The number of anilines is 1. The van der Waals surface area contributed by atoms with Crippen molar-refractivity contribution in [1.29, 1.82) is 0 Å². The van der Waals surface area contributed by atoms with E-state index in [0.717, 1.165) is 11.3 Å². The second kappa shape index (κ2) is 3.10. The molecule has 2 heterocycles. The highest BCUT2D eigenvalue weighted by atomic mass is 15.4. The Morgan fingerprint density at radius 1 is 1.43 bits per heavy atom. The zero-order valence-corrected chi connectivity index (χ0v) is 8.10. The van der Waals surface area contributed by atoms with E-state index in [2.05, 4.69) is 15.1 Å². The zero-order chi connectivity index (χ0) is 10.1. The Balaban J connectivity index is 2.49. The molecule has 0 aliphatic heterocycles. The fourth-order valence-corrected chi connectivity index (χ4v) is 1.20. The van der Waals surface area contributed by atoms with Crippen molar-refractivity contribution in [1.82, 2.24) is 19.7 Å². The molecule has 0 unspecified atom stereocenters. The van der Waals surface area contributed by atoms with Crippen LogP contribution in [0, 0.1) is 6.92 Å². The molecule has 0 saturated carbocycles. The van der Waals surface area contributed by atoms with Gasteiger partial charge in [-0.25, -0.2) is 4.68 Å². The predicted molar refractivity (Wildman–Crippen MR) is 53.4 cm³/mol. The van der Waals surface area contributed by atoms with Gasteiger partial charge in [-0.15, -0.1) is 5.10 Å². The molecule has 0 amide bonds. The van der Waals surface area contributed by atoms with E-state index >= 15 is 0 Å². The number of rotatable bonds is 1. The summed E-state index contributed by atoms with van der Waals surface area (Å²) in [5, 5.41) is 4.17. The normalized spacial score (nSPS) is 10.4. The number of pyridine rings is 1. The minimum atomic E-state index is 0.412. The van der Waals surface area contributed by atoms with Gasteiger partial charge in [0.1, 0.15) is 0 Å². The Bertz CT molecular complexity index is 440. The third-order valence-electron chi connectivity index (χ3n) is 1.95. The maximum absolute atomic E-state index is 5.59. The second-order valence-corrected chi connectivity index (χ2v) is 3.10. The maximum Gasteiger partial charge on any atom is 0.218 e. The summed E-state index contributed by atoms with van der Waals surface area (Å²) in [6.07, 6.45) is 1.73. The van der Waals surface area contributed by atoms with Crippen molar-refractivity contribution in [3.63, 3.8) is 0 Å². The van der Waals surface area contributed by atoms with E-state index in [4.69, 9.17) is 5.73 Å². The van der Waals surface area contributed by atoms with Crippen LogP contribution >= 0.6 is 0 Å². The highest BCUT2D eigenvalue weighted by Gasteiger charge is 2.06. The molecule has 2 aromatic heterocycles. The summed E-state index contributed by atoms with van der Waals surface area (Å²) in [6, 6.07) is 3.79. The van der Waals surface area contributed by atoms with Crippen molar-refractivity contribution < 1.29 is 0 Å². The molecule has 0 saturated heterocycles. The standard InChI is InChI=1S/C9H11N5/c1-6-5-7(3-4-11-6)8-12-9(10)14(2)13-8/h3-5H,1-2H3,(H2,10,12,13). The third-order valence-corrected chi connectivity index (χ3v) is 1.95. The molecule has 0 aliphatic rings. The largest absolute Gasteiger partial charge is 0.368 e.